The third-order valence-electron chi connectivity index (χ3n) is 4.88. The summed E-state index contributed by atoms with van der Waals surface area (Å²) >= 11 is 0. The summed E-state index contributed by atoms with van der Waals surface area (Å²) in [6.45, 7) is 4.00. The van der Waals surface area contributed by atoms with E-state index in [0.717, 1.165) is 22.5 Å². The summed E-state index contributed by atoms with van der Waals surface area (Å²) in [6.07, 6.45) is 0. The highest BCUT2D eigenvalue weighted by Crippen LogP contribution is 2.24. The predicted molar refractivity (Wildman–Crippen MR) is 113 cm³/mol. The Morgan fingerprint density at radius 1 is 1.09 bits per heavy atom. The van der Waals surface area contributed by atoms with Crippen molar-refractivity contribution in [3.63, 3.8) is 0 Å². The maximum Gasteiger partial charge on any atom is 0.338 e. The molecule has 172 valence electrons. The monoisotopic (exact) mass is 465 g/mol. The Balaban J connectivity index is 1.81. The van der Waals surface area contributed by atoms with Gasteiger partial charge in [0.15, 0.2) is 5.78 Å². The van der Waals surface area contributed by atoms with Gasteiger partial charge in [-0.05, 0) is 50.2 Å². The van der Waals surface area contributed by atoms with Crippen molar-refractivity contribution in [2.45, 2.75) is 25.3 Å². The molecule has 0 aromatic heterocycles. The van der Waals surface area contributed by atoms with Gasteiger partial charge < -0.3 is 14.2 Å². The Hall–Kier alpha value is -2.82. The van der Waals surface area contributed by atoms with E-state index in [4.69, 9.17) is 14.2 Å². The summed E-state index contributed by atoms with van der Waals surface area (Å²) in [5.41, 5.74) is 0.801. The van der Waals surface area contributed by atoms with Crippen LogP contribution in [0.4, 0.5) is 4.39 Å². The zero-order valence-corrected chi connectivity index (χ0v) is 18.6. The van der Waals surface area contributed by atoms with Crippen LogP contribution in [0.2, 0.25) is 0 Å². The molecule has 0 spiro atoms. The van der Waals surface area contributed by atoms with Gasteiger partial charge in [0.1, 0.15) is 23.1 Å². The number of Topliss-reactive ketones (excluding diaryl/α,β-unsaturated/α-hetero) is 1. The van der Waals surface area contributed by atoms with Crippen molar-refractivity contribution in [1.29, 1.82) is 0 Å². The lowest BCUT2D eigenvalue weighted by Crippen LogP contribution is -2.41. The Kier molecular flexibility index (Phi) is 7.60. The SMILES string of the molecule is CCOc1ccc(C(C)=O)cc1COC(=O)c1ccc(F)c(S(=O)(=O)N2CCOCC2)c1. The molecule has 0 N–H and O–H groups in total. The molecule has 0 saturated carbocycles. The fourth-order valence-electron chi connectivity index (χ4n) is 3.19. The lowest BCUT2D eigenvalue weighted by Gasteiger charge is -2.26. The van der Waals surface area contributed by atoms with Gasteiger partial charge >= 0.3 is 5.97 Å². The van der Waals surface area contributed by atoms with E-state index in [1.807, 2.05) is 0 Å². The first-order valence-electron chi connectivity index (χ1n) is 10.0. The van der Waals surface area contributed by atoms with E-state index in [1.54, 1.807) is 25.1 Å². The quantitative estimate of drug-likeness (QED) is 0.437. The van der Waals surface area contributed by atoms with E-state index in [-0.39, 0.29) is 44.3 Å². The van der Waals surface area contributed by atoms with E-state index in [2.05, 4.69) is 0 Å². The van der Waals surface area contributed by atoms with Crippen LogP contribution in [0.25, 0.3) is 0 Å². The number of nitrogens with zero attached hydrogens (tertiary/aromatic N) is 1. The number of ether oxygens (including phenoxy) is 3. The number of rotatable bonds is 8. The van der Waals surface area contributed by atoms with Crippen LogP contribution in [0.15, 0.2) is 41.3 Å². The largest absolute Gasteiger partial charge is 0.493 e. The Morgan fingerprint density at radius 2 is 1.78 bits per heavy atom. The summed E-state index contributed by atoms with van der Waals surface area (Å²) in [6, 6.07) is 7.85. The second-order valence-corrected chi connectivity index (χ2v) is 8.96. The van der Waals surface area contributed by atoms with Gasteiger partial charge in [0.25, 0.3) is 0 Å². The summed E-state index contributed by atoms with van der Waals surface area (Å²) in [7, 11) is -4.13. The van der Waals surface area contributed by atoms with Crippen LogP contribution >= 0.6 is 0 Å². The molecule has 1 fully saturated rings. The van der Waals surface area contributed by atoms with Crippen molar-refractivity contribution in [2.24, 2.45) is 0 Å². The summed E-state index contributed by atoms with van der Waals surface area (Å²) < 4.78 is 57.0. The maximum atomic E-state index is 14.4. The fourth-order valence-corrected chi connectivity index (χ4v) is 4.69. The van der Waals surface area contributed by atoms with Gasteiger partial charge in [0, 0.05) is 24.2 Å². The van der Waals surface area contributed by atoms with Crippen LogP contribution in [0.5, 0.6) is 5.75 Å². The van der Waals surface area contributed by atoms with Crippen LogP contribution in [0, 0.1) is 5.82 Å². The minimum Gasteiger partial charge on any atom is -0.493 e. The third-order valence-corrected chi connectivity index (χ3v) is 6.79. The average molecular weight is 465 g/mol. The first-order chi connectivity index (χ1) is 15.2. The molecule has 1 heterocycles. The van der Waals surface area contributed by atoms with Crippen molar-refractivity contribution < 1.29 is 36.6 Å². The number of ketones is 1. The van der Waals surface area contributed by atoms with Crippen molar-refractivity contribution in [3.05, 3.63) is 58.9 Å². The molecule has 1 aliphatic heterocycles. The van der Waals surface area contributed by atoms with E-state index in [9.17, 15) is 22.4 Å². The Labute approximate surface area is 185 Å². The second kappa shape index (κ2) is 10.2. The van der Waals surface area contributed by atoms with Crippen LogP contribution in [-0.4, -0.2) is 57.4 Å². The molecule has 0 amide bonds. The lowest BCUT2D eigenvalue weighted by molar-refractivity contribution is 0.0469. The molecule has 8 nitrogen and oxygen atoms in total. The molecular formula is C22H24FNO7S. The molecule has 32 heavy (non-hydrogen) atoms. The van der Waals surface area contributed by atoms with Crippen molar-refractivity contribution in [2.75, 3.05) is 32.9 Å². The van der Waals surface area contributed by atoms with Gasteiger partial charge in [-0.25, -0.2) is 17.6 Å². The second-order valence-electron chi connectivity index (χ2n) is 7.05. The lowest BCUT2D eigenvalue weighted by atomic mass is 10.1. The third kappa shape index (κ3) is 5.32. The first-order valence-corrected chi connectivity index (χ1v) is 11.5. The number of hydrogen-bond acceptors (Lipinski definition) is 7. The number of morpholine rings is 1. The summed E-state index contributed by atoms with van der Waals surface area (Å²) in [5, 5.41) is 0. The first kappa shape index (κ1) is 23.8. The number of benzene rings is 2. The predicted octanol–water partition coefficient (Wildman–Crippen LogP) is 2.80. The highest BCUT2D eigenvalue weighted by molar-refractivity contribution is 7.89. The highest BCUT2D eigenvalue weighted by Gasteiger charge is 2.30. The van der Waals surface area contributed by atoms with Gasteiger partial charge in [-0.1, -0.05) is 0 Å². The number of sulfonamides is 1. The standard InChI is InChI=1S/C22H24FNO7S/c1-3-30-20-7-5-16(15(2)25)12-18(20)14-31-22(26)17-4-6-19(23)21(13-17)32(27,28)24-8-10-29-11-9-24/h4-7,12-13H,3,8-11,14H2,1-2H3. The van der Waals surface area contributed by atoms with Crippen LogP contribution in [0.1, 0.15) is 40.1 Å². The molecule has 10 heteroatoms. The van der Waals surface area contributed by atoms with Crippen molar-refractivity contribution >= 4 is 21.8 Å². The van der Waals surface area contributed by atoms with Crippen molar-refractivity contribution in [1.82, 2.24) is 4.31 Å². The Bertz CT molecular complexity index is 1110. The van der Waals surface area contributed by atoms with Gasteiger partial charge in [-0.2, -0.15) is 4.31 Å². The highest BCUT2D eigenvalue weighted by atomic mass is 32.2. The minimum absolute atomic E-state index is 0.100. The van der Waals surface area contributed by atoms with Gasteiger partial charge in [-0.15, -0.1) is 0 Å². The molecule has 0 bridgehead atoms. The summed E-state index contributed by atoms with van der Waals surface area (Å²) in [4.78, 5) is 23.7. The van der Waals surface area contributed by atoms with Gasteiger partial charge in [-0.3, -0.25) is 4.79 Å². The smallest absolute Gasteiger partial charge is 0.338 e. The van der Waals surface area contributed by atoms with E-state index >= 15 is 0 Å². The number of halogens is 1. The molecule has 0 atom stereocenters. The van der Waals surface area contributed by atoms with Gasteiger partial charge in [0.05, 0.1) is 25.4 Å². The van der Waals surface area contributed by atoms with Crippen LogP contribution in [0.3, 0.4) is 0 Å². The molecule has 0 aliphatic carbocycles. The zero-order valence-electron chi connectivity index (χ0n) is 17.8. The number of carbonyl (C=O) groups is 2. The molecule has 1 saturated heterocycles. The molecule has 0 unspecified atom stereocenters. The van der Waals surface area contributed by atoms with E-state index < -0.39 is 26.7 Å². The number of carbonyl (C=O) groups excluding carboxylic acids is 2. The number of hydrogen-bond donors (Lipinski definition) is 0. The molecule has 2 aromatic carbocycles. The summed E-state index contributed by atoms with van der Waals surface area (Å²) in [5.74, 6) is -1.49. The van der Waals surface area contributed by atoms with E-state index in [1.165, 1.54) is 6.92 Å². The molecule has 3 rings (SSSR count). The topological polar surface area (TPSA) is 99.2 Å². The molecule has 0 radical (unpaired) electrons. The minimum atomic E-state index is -4.13. The molecular weight excluding hydrogens is 441 g/mol. The molecule has 1 aliphatic rings. The normalized spacial score (nSPS) is 14.7. The number of esters is 1. The fraction of sp³-hybridized carbons (Fsp3) is 0.364. The van der Waals surface area contributed by atoms with Crippen molar-refractivity contribution in [3.8, 4) is 5.75 Å². The zero-order chi connectivity index (χ0) is 23.3. The molecule has 2 aromatic rings. The van der Waals surface area contributed by atoms with E-state index in [0.29, 0.717) is 23.5 Å². The van der Waals surface area contributed by atoms with Crippen LogP contribution < -0.4 is 4.74 Å². The maximum absolute atomic E-state index is 14.4. The Morgan fingerprint density at radius 3 is 2.44 bits per heavy atom. The van der Waals surface area contributed by atoms with Crippen LogP contribution in [-0.2, 0) is 26.1 Å². The van der Waals surface area contributed by atoms with Gasteiger partial charge in [0.2, 0.25) is 10.0 Å². The average Bonchev–Trinajstić information content (AvgIpc) is 2.79.